The zero-order chi connectivity index (χ0) is 79.2. The molecule has 37 nitrogen and oxygen atoms in total. The third-order valence-electron chi connectivity index (χ3n) is 17.5. The molecule has 14 atom stereocenters. The minimum atomic E-state index is -1.99. The van der Waals surface area contributed by atoms with Gasteiger partial charge in [-0.25, -0.2) is 4.79 Å². The summed E-state index contributed by atoms with van der Waals surface area (Å²) in [7, 11) is 0. The molecule has 1 saturated heterocycles. The highest BCUT2D eigenvalue weighted by atomic mass is 32.2. The number of amides is 15. The molecule has 0 unspecified atom stereocenters. The number of likely N-dealkylation sites (tertiary alicyclic amines) is 1. The normalized spacial score (nSPS) is 16.3. The molecule has 0 aromatic heterocycles. The monoisotopic (exact) mass is 1500 g/mol. The van der Waals surface area contributed by atoms with Crippen LogP contribution in [-0.4, -0.2) is 226 Å². The molecular formula is C67H110N18O19S. The van der Waals surface area contributed by atoms with Gasteiger partial charge in [-0.1, -0.05) is 84.7 Å². The van der Waals surface area contributed by atoms with Crippen LogP contribution >= 0.6 is 11.8 Å². The van der Waals surface area contributed by atoms with E-state index in [0.717, 1.165) is 0 Å². The van der Waals surface area contributed by atoms with Gasteiger partial charge >= 0.3 is 11.9 Å². The number of nitrogens with two attached hydrogens (primary N) is 6. The van der Waals surface area contributed by atoms with Gasteiger partial charge in [0.15, 0.2) is 0 Å². The number of unbranched alkanes of at least 4 members (excludes halogenated alkanes) is 2. The zero-order valence-corrected chi connectivity index (χ0v) is 61.6. The van der Waals surface area contributed by atoms with Crippen LogP contribution in [0.4, 0.5) is 0 Å². The predicted octanol–water partition coefficient (Wildman–Crippen LogP) is -5.15. The zero-order valence-electron chi connectivity index (χ0n) is 60.8. The van der Waals surface area contributed by atoms with Crippen molar-refractivity contribution in [3.8, 4) is 0 Å². The summed E-state index contributed by atoms with van der Waals surface area (Å²) in [6.07, 6.45) is 0.0185. The first-order chi connectivity index (χ1) is 49.5. The lowest BCUT2D eigenvalue weighted by Crippen LogP contribution is -2.62. The van der Waals surface area contributed by atoms with Crippen LogP contribution in [0.5, 0.6) is 0 Å². The second kappa shape index (κ2) is 47.7. The topological polar surface area (TPSA) is 622 Å². The third-order valence-corrected chi connectivity index (χ3v) is 18.2. The number of benzene rings is 1. The fraction of sp³-hybridized carbons (Fsp3) is 0.657. The number of nitrogens with one attached hydrogen (secondary N) is 11. The van der Waals surface area contributed by atoms with E-state index in [1.165, 1.54) is 30.5 Å². The molecular weight excluding hydrogens is 1390 g/mol. The van der Waals surface area contributed by atoms with Gasteiger partial charge in [0.05, 0.1) is 31.8 Å². The molecule has 0 radical (unpaired) electrons. The molecule has 1 aromatic carbocycles. The number of hydrogen-bond donors (Lipinski definition) is 19. The molecule has 0 spiro atoms. The Morgan fingerprint density at radius 2 is 0.952 bits per heavy atom. The van der Waals surface area contributed by atoms with Gasteiger partial charge in [0.2, 0.25) is 88.6 Å². The molecule has 1 fully saturated rings. The first kappa shape index (κ1) is 91.5. The van der Waals surface area contributed by atoms with Crippen LogP contribution in [0.3, 0.4) is 0 Å². The number of primary amides is 3. The standard InChI is InChI=1S/C67H110N18O19S/c1-8-36(5)54(63(99)74-34-51(89)75-42(67(103)104)21-14-16-27-69)84-61(97)45(33-50(73)88)78-57(93)40(20-13-15-26-68)77-64(100)53(35(3)4)82-60(96)44(32-49(72)87)79-58(94)41(23-24-52(90)91)76-59(95)43(31-48(71)86)80-62(98)47-22-17-28-85(47)66(102)46(30-38-18-11-10-12-19-38)81-65(101)55(37(6)9-2)83-56(92)39(70)25-29-105-7/h10-12,18-19,35-37,39-47,53-55H,8-9,13-17,20-34,68-70H2,1-7H3,(H2,71,86)(H2,72,87)(H2,73,88)(H,74,99)(H,75,89)(H,76,95)(H,77,100)(H,78,93)(H,79,94)(H,80,98)(H,81,101)(H,82,96)(H,83,92)(H,84,97)(H,90,91)(H,103,104)/t36-,37-,39-,40-,41-,42-,43-,44-,45-,46-,47-,53-,54-,55-/m0/s1. The van der Waals surface area contributed by atoms with E-state index >= 15 is 0 Å². The van der Waals surface area contributed by atoms with Crippen molar-refractivity contribution in [3.05, 3.63) is 35.9 Å². The quantitative estimate of drug-likeness (QED) is 0.0271. The van der Waals surface area contributed by atoms with E-state index in [-0.39, 0.29) is 58.0 Å². The number of carboxylic acids is 2. The second-order valence-electron chi connectivity index (χ2n) is 26.3. The average Bonchev–Trinajstić information content (AvgIpc) is 1.73. The van der Waals surface area contributed by atoms with E-state index in [4.69, 9.17) is 34.4 Å². The van der Waals surface area contributed by atoms with Gasteiger partial charge in [-0.05, 0) is 113 Å². The molecule has 1 aromatic rings. The minimum Gasteiger partial charge on any atom is -0.481 e. The van der Waals surface area contributed by atoms with Crippen molar-refractivity contribution >= 4 is 112 Å². The lowest BCUT2D eigenvalue weighted by atomic mass is 9.96. The summed E-state index contributed by atoms with van der Waals surface area (Å²) in [5.74, 6) is -19.4. The van der Waals surface area contributed by atoms with Crippen LogP contribution < -0.4 is 92.9 Å². The van der Waals surface area contributed by atoms with E-state index in [9.17, 15) is 91.7 Å². The van der Waals surface area contributed by atoms with Crippen LogP contribution in [0.15, 0.2) is 30.3 Å². The highest BCUT2D eigenvalue weighted by Crippen LogP contribution is 2.22. The molecule has 15 amide bonds. The minimum absolute atomic E-state index is 0.0128. The van der Waals surface area contributed by atoms with Gasteiger partial charge in [-0.2, -0.15) is 11.8 Å². The highest BCUT2D eigenvalue weighted by molar-refractivity contribution is 7.98. The summed E-state index contributed by atoms with van der Waals surface area (Å²) in [6, 6.07) is -9.61. The van der Waals surface area contributed by atoms with Gasteiger partial charge in [0.1, 0.15) is 66.5 Å². The van der Waals surface area contributed by atoms with Crippen LogP contribution in [0.2, 0.25) is 0 Å². The Bertz CT molecular complexity index is 3150. The first-order valence-electron chi connectivity index (χ1n) is 35.1. The predicted molar refractivity (Wildman–Crippen MR) is 384 cm³/mol. The molecule has 0 saturated carbocycles. The molecule has 105 heavy (non-hydrogen) atoms. The summed E-state index contributed by atoms with van der Waals surface area (Å²) in [5, 5.41) is 46.2. The van der Waals surface area contributed by atoms with Gasteiger partial charge in [0, 0.05) is 19.4 Å². The van der Waals surface area contributed by atoms with Crippen molar-refractivity contribution in [1.82, 2.24) is 63.4 Å². The van der Waals surface area contributed by atoms with E-state index in [1.54, 1.807) is 51.1 Å². The van der Waals surface area contributed by atoms with E-state index in [0.29, 0.717) is 50.0 Å². The molecule has 1 heterocycles. The van der Waals surface area contributed by atoms with Gasteiger partial charge < -0.3 is 108 Å². The Hall–Kier alpha value is -9.56. The number of carbonyl (C=O) groups excluding carboxylic acids is 15. The maximum Gasteiger partial charge on any atom is 0.326 e. The molecule has 0 bridgehead atoms. The smallest absolute Gasteiger partial charge is 0.326 e. The number of aliphatic carboxylic acids is 2. The van der Waals surface area contributed by atoms with Crippen LogP contribution in [0.1, 0.15) is 150 Å². The molecule has 2 rings (SSSR count). The SMILES string of the molecule is CC[C@H](C)[C@H](NC(=O)[C@H](CC(N)=O)NC(=O)[C@H](CCCCN)NC(=O)[C@@H](NC(=O)[C@H](CC(N)=O)NC(=O)[C@H](CCC(=O)O)NC(=O)[C@H](CC(N)=O)NC(=O)[C@@H]1CCCN1C(=O)[C@H](Cc1ccccc1)NC(=O)[C@@H](NC(=O)[C@@H](N)CCSC)[C@@H](C)CC)C(C)C)C(=O)NCC(=O)N[C@@H](CCCCN)C(=O)O. The Balaban J connectivity index is 2.46. The second-order valence-corrected chi connectivity index (χ2v) is 27.3. The largest absolute Gasteiger partial charge is 0.481 e. The van der Waals surface area contributed by atoms with Crippen molar-refractivity contribution < 1.29 is 91.7 Å². The highest BCUT2D eigenvalue weighted by Gasteiger charge is 2.42. The van der Waals surface area contributed by atoms with Crippen LogP contribution in [-0.2, 0) is 87.9 Å². The van der Waals surface area contributed by atoms with Crippen molar-refractivity contribution in [2.75, 3.05) is 38.2 Å². The van der Waals surface area contributed by atoms with Gasteiger partial charge in [-0.15, -0.1) is 0 Å². The van der Waals surface area contributed by atoms with E-state index in [2.05, 4.69) is 58.5 Å². The number of nitrogens with zero attached hydrogens (tertiary/aromatic N) is 1. The number of carbonyl (C=O) groups is 17. The summed E-state index contributed by atoms with van der Waals surface area (Å²) in [4.78, 5) is 231. The summed E-state index contributed by atoms with van der Waals surface area (Å²) in [5.41, 5.74) is 34.6. The van der Waals surface area contributed by atoms with E-state index < -0.39 is 229 Å². The third kappa shape index (κ3) is 33.0. The maximum atomic E-state index is 14.7. The number of hydrogen-bond acceptors (Lipinski definition) is 21. The summed E-state index contributed by atoms with van der Waals surface area (Å²) in [6.45, 7) is 9.42. The van der Waals surface area contributed by atoms with E-state index in [1.807, 2.05) is 13.2 Å². The number of carboxylic acid groups (broad SMARTS) is 2. The molecule has 588 valence electrons. The number of rotatable bonds is 51. The van der Waals surface area contributed by atoms with Crippen molar-refractivity contribution in [2.24, 2.45) is 52.2 Å². The number of thioether (sulfide) groups is 1. The first-order valence-corrected chi connectivity index (χ1v) is 36.5. The fourth-order valence-electron chi connectivity index (χ4n) is 11.0. The molecule has 1 aliphatic heterocycles. The lowest BCUT2D eigenvalue weighted by Gasteiger charge is -2.32. The maximum absolute atomic E-state index is 14.7. The van der Waals surface area contributed by atoms with Gasteiger partial charge in [-0.3, -0.25) is 76.7 Å². The van der Waals surface area contributed by atoms with Gasteiger partial charge in [0.25, 0.3) is 0 Å². The Morgan fingerprint density at radius 1 is 0.514 bits per heavy atom. The Labute approximate surface area is 614 Å². The molecule has 0 aliphatic carbocycles. The molecule has 1 aliphatic rings. The summed E-state index contributed by atoms with van der Waals surface area (Å²) < 4.78 is 0. The average molecular weight is 1500 g/mol. The molecule has 25 N–H and O–H groups in total. The van der Waals surface area contributed by atoms with Crippen molar-refractivity contribution in [2.45, 2.75) is 223 Å². The fourth-order valence-corrected chi connectivity index (χ4v) is 11.5. The van der Waals surface area contributed by atoms with Crippen molar-refractivity contribution in [3.63, 3.8) is 0 Å². The lowest BCUT2D eigenvalue weighted by molar-refractivity contribution is -0.143. The molecule has 38 heteroatoms. The Morgan fingerprint density at radius 3 is 1.44 bits per heavy atom. The summed E-state index contributed by atoms with van der Waals surface area (Å²) >= 11 is 1.49. The van der Waals surface area contributed by atoms with Crippen molar-refractivity contribution in [1.29, 1.82) is 0 Å². The Kier molecular flexibility index (Phi) is 41.6. The van der Waals surface area contributed by atoms with Crippen LogP contribution in [0.25, 0.3) is 0 Å². The van der Waals surface area contributed by atoms with Crippen LogP contribution in [0, 0.1) is 17.8 Å².